The third-order valence-electron chi connectivity index (χ3n) is 3.49. The molecule has 0 bridgehead atoms. The maximum Gasteiger partial charge on any atom is 0.236 e. The van der Waals surface area contributed by atoms with Crippen molar-refractivity contribution >= 4 is 17.5 Å². The highest BCUT2D eigenvalue weighted by Crippen LogP contribution is 2.07. The van der Waals surface area contributed by atoms with E-state index in [2.05, 4.69) is 17.2 Å². The van der Waals surface area contributed by atoms with E-state index in [0.29, 0.717) is 25.2 Å². The van der Waals surface area contributed by atoms with E-state index in [0.717, 1.165) is 26.1 Å². The fourth-order valence-electron chi connectivity index (χ4n) is 2.37. The summed E-state index contributed by atoms with van der Waals surface area (Å²) < 4.78 is 0. The van der Waals surface area contributed by atoms with E-state index in [-0.39, 0.29) is 11.8 Å². The standard InChI is InChI=1S/C15H22N4O2/c1-2-7-19-10-9-18(12-15(19)21)8-5-14(20)17-13-4-3-6-16-11-13/h3-4,6,11H,2,5,7-10,12H2,1H3,(H,17,20). The lowest BCUT2D eigenvalue weighted by Crippen LogP contribution is -2.50. The van der Waals surface area contributed by atoms with Gasteiger partial charge in [0.05, 0.1) is 18.4 Å². The number of hydrogen-bond donors (Lipinski definition) is 1. The number of amides is 2. The maximum atomic E-state index is 11.9. The van der Waals surface area contributed by atoms with Gasteiger partial charge >= 0.3 is 0 Å². The summed E-state index contributed by atoms with van der Waals surface area (Å²) in [6.07, 6.45) is 4.65. The Hall–Kier alpha value is -1.95. The largest absolute Gasteiger partial charge is 0.340 e. The van der Waals surface area contributed by atoms with Crippen molar-refractivity contribution in [3.63, 3.8) is 0 Å². The van der Waals surface area contributed by atoms with Gasteiger partial charge in [0.2, 0.25) is 11.8 Å². The first-order chi connectivity index (χ1) is 10.2. The van der Waals surface area contributed by atoms with E-state index in [1.165, 1.54) is 0 Å². The Bertz CT molecular complexity index is 478. The lowest BCUT2D eigenvalue weighted by atomic mass is 10.2. The number of hydrogen-bond acceptors (Lipinski definition) is 4. The molecule has 0 radical (unpaired) electrons. The van der Waals surface area contributed by atoms with Crippen LogP contribution in [0.2, 0.25) is 0 Å². The molecule has 6 heteroatoms. The van der Waals surface area contributed by atoms with Crippen LogP contribution in [0.3, 0.4) is 0 Å². The molecule has 0 aromatic carbocycles. The number of carbonyl (C=O) groups is 2. The molecule has 1 aromatic heterocycles. The van der Waals surface area contributed by atoms with Gasteiger partial charge in [0, 0.05) is 38.8 Å². The number of rotatable bonds is 6. The lowest BCUT2D eigenvalue weighted by Gasteiger charge is -2.34. The van der Waals surface area contributed by atoms with Crippen LogP contribution in [0, 0.1) is 0 Å². The van der Waals surface area contributed by atoms with Crippen LogP contribution in [0.5, 0.6) is 0 Å². The average Bonchev–Trinajstić information content (AvgIpc) is 2.49. The van der Waals surface area contributed by atoms with Crippen molar-refractivity contribution in [2.24, 2.45) is 0 Å². The summed E-state index contributed by atoms with van der Waals surface area (Å²) in [6, 6.07) is 3.58. The molecule has 6 nitrogen and oxygen atoms in total. The van der Waals surface area contributed by atoms with Gasteiger partial charge in [0.25, 0.3) is 0 Å². The average molecular weight is 290 g/mol. The highest BCUT2D eigenvalue weighted by atomic mass is 16.2. The number of nitrogens with zero attached hydrogens (tertiary/aromatic N) is 3. The van der Waals surface area contributed by atoms with Crippen LogP contribution in [-0.4, -0.2) is 59.3 Å². The molecule has 2 amide bonds. The molecule has 21 heavy (non-hydrogen) atoms. The van der Waals surface area contributed by atoms with Crippen molar-refractivity contribution in [2.45, 2.75) is 19.8 Å². The van der Waals surface area contributed by atoms with Gasteiger partial charge in [-0.05, 0) is 18.6 Å². The molecular formula is C15H22N4O2. The van der Waals surface area contributed by atoms with Gasteiger partial charge in [-0.25, -0.2) is 0 Å². The summed E-state index contributed by atoms with van der Waals surface area (Å²) >= 11 is 0. The van der Waals surface area contributed by atoms with Crippen molar-refractivity contribution < 1.29 is 9.59 Å². The molecule has 1 N–H and O–H groups in total. The second-order valence-corrected chi connectivity index (χ2v) is 5.20. The van der Waals surface area contributed by atoms with Crippen LogP contribution in [0.4, 0.5) is 5.69 Å². The zero-order valence-corrected chi connectivity index (χ0v) is 12.4. The van der Waals surface area contributed by atoms with E-state index in [9.17, 15) is 9.59 Å². The number of pyridine rings is 1. The van der Waals surface area contributed by atoms with Crippen molar-refractivity contribution in [2.75, 3.05) is 38.0 Å². The summed E-state index contributed by atoms with van der Waals surface area (Å²) in [6.45, 7) is 5.53. The first-order valence-corrected chi connectivity index (χ1v) is 7.39. The van der Waals surface area contributed by atoms with Gasteiger partial charge < -0.3 is 10.2 Å². The molecule has 1 aliphatic heterocycles. The molecule has 0 spiro atoms. The summed E-state index contributed by atoms with van der Waals surface area (Å²) in [4.78, 5) is 31.6. The van der Waals surface area contributed by atoms with Crippen molar-refractivity contribution in [1.82, 2.24) is 14.8 Å². The minimum Gasteiger partial charge on any atom is -0.340 e. The number of piperazine rings is 1. The number of carbonyl (C=O) groups excluding carboxylic acids is 2. The number of nitrogens with one attached hydrogen (secondary N) is 1. The van der Waals surface area contributed by atoms with Crippen molar-refractivity contribution in [1.29, 1.82) is 0 Å². The molecular weight excluding hydrogens is 268 g/mol. The zero-order chi connectivity index (χ0) is 15.1. The van der Waals surface area contributed by atoms with Crippen LogP contribution in [0.25, 0.3) is 0 Å². The van der Waals surface area contributed by atoms with Crippen molar-refractivity contribution in [3.8, 4) is 0 Å². The summed E-state index contributed by atoms with van der Waals surface area (Å²) in [5.74, 6) is 0.113. The van der Waals surface area contributed by atoms with Crippen LogP contribution in [0.15, 0.2) is 24.5 Å². The van der Waals surface area contributed by atoms with Gasteiger partial charge in [-0.2, -0.15) is 0 Å². The summed E-state index contributed by atoms with van der Waals surface area (Å²) in [5.41, 5.74) is 0.700. The third kappa shape index (κ3) is 4.82. The fraction of sp³-hybridized carbons (Fsp3) is 0.533. The lowest BCUT2D eigenvalue weighted by molar-refractivity contribution is -0.136. The maximum absolute atomic E-state index is 11.9. The Morgan fingerprint density at radius 1 is 1.38 bits per heavy atom. The summed E-state index contributed by atoms with van der Waals surface area (Å²) in [7, 11) is 0. The predicted molar refractivity (Wildman–Crippen MR) is 80.8 cm³/mol. The van der Waals surface area contributed by atoms with E-state index < -0.39 is 0 Å². The number of anilines is 1. The first kappa shape index (κ1) is 15.4. The Morgan fingerprint density at radius 3 is 2.90 bits per heavy atom. The predicted octanol–water partition coefficient (Wildman–Crippen LogP) is 0.964. The summed E-state index contributed by atoms with van der Waals surface area (Å²) in [5, 5.41) is 2.80. The molecule has 2 rings (SSSR count). The molecule has 0 atom stereocenters. The Balaban J connectivity index is 1.71. The minimum atomic E-state index is -0.0496. The smallest absolute Gasteiger partial charge is 0.236 e. The molecule has 114 valence electrons. The van der Waals surface area contributed by atoms with Gasteiger partial charge in [-0.3, -0.25) is 19.5 Å². The molecule has 1 aromatic rings. The van der Waals surface area contributed by atoms with Crippen molar-refractivity contribution in [3.05, 3.63) is 24.5 Å². The Kier molecular flexibility index (Phi) is 5.68. The van der Waals surface area contributed by atoms with Gasteiger partial charge in [0.15, 0.2) is 0 Å². The quantitative estimate of drug-likeness (QED) is 0.847. The topological polar surface area (TPSA) is 65.5 Å². The molecule has 0 unspecified atom stereocenters. The Morgan fingerprint density at radius 2 is 2.24 bits per heavy atom. The second kappa shape index (κ2) is 7.73. The van der Waals surface area contributed by atoms with E-state index in [1.54, 1.807) is 24.5 Å². The van der Waals surface area contributed by atoms with Gasteiger partial charge in [0.1, 0.15) is 0 Å². The highest BCUT2D eigenvalue weighted by Gasteiger charge is 2.23. The molecule has 0 saturated carbocycles. The normalized spacial score (nSPS) is 16.0. The Labute approximate surface area is 125 Å². The highest BCUT2D eigenvalue weighted by molar-refractivity contribution is 5.90. The van der Waals surface area contributed by atoms with E-state index >= 15 is 0 Å². The monoisotopic (exact) mass is 290 g/mol. The van der Waals surface area contributed by atoms with Crippen LogP contribution >= 0.6 is 0 Å². The molecule has 1 fully saturated rings. The second-order valence-electron chi connectivity index (χ2n) is 5.20. The minimum absolute atomic E-state index is 0.0496. The molecule has 0 aliphatic carbocycles. The zero-order valence-electron chi connectivity index (χ0n) is 12.4. The molecule has 1 saturated heterocycles. The first-order valence-electron chi connectivity index (χ1n) is 7.39. The van der Waals surface area contributed by atoms with Crippen LogP contribution in [-0.2, 0) is 9.59 Å². The van der Waals surface area contributed by atoms with Crippen LogP contribution < -0.4 is 5.32 Å². The van der Waals surface area contributed by atoms with E-state index in [4.69, 9.17) is 0 Å². The fourth-order valence-corrected chi connectivity index (χ4v) is 2.37. The SMILES string of the molecule is CCCN1CCN(CCC(=O)Nc2cccnc2)CC1=O. The number of aromatic nitrogens is 1. The van der Waals surface area contributed by atoms with Crippen LogP contribution in [0.1, 0.15) is 19.8 Å². The van der Waals surface area contributed by atoms with Gasteiger partial charge in [-0.1, -0.05) is 6.92 Å². The molecule has 2 heterocycles. The molecule has 1 aliphatic rings. The third-order valence-corrected chi connectivity index (χ3v) is 3.49. The van der Waals surface area contributed by atoms with E-state index in [1.807, 2.05) is 9.80 Å². The van der Waals surface area contributed by atoms with Gasteiger partial charge in [-0.15, -0.1) is 0 Å².